The molecule has 0 aliphatic carbocycles. The zero-order valence-corrected chi connectivity index (χ0v) is 21.4. The molecule has 36 heavy (non-hydrogen) atoms. The standard InChI is InChI=1S/C23H18Cl2N4O5S2/c24-19-12-16(18-8-4-5-9-21(18)35(31,32)28-36(26,33)34)10-11-17(19)13-29-20(14-30)22(25)27-23(29)15-6-2-1-3-7-15/h1-12,14,28H,13H2,(H2,26,33,34). The Balaban J connectivity index is 1.75. The number of halogens is 2. The highest BCUT2D eigenvalue weighted by atomic mass is 35.5. The van der Waals surface area contributed by atoms with Crippen LogP contribution in [-0.4, -0.2) is 32.7 Å². The largest absolute Gasteiger partial charge is 0.316 e. The van der Waals surface area contributed by atoms with Gasteiger partial charge in [-0.15, -0.1) is 0 Å². The lowest BCUT2D eigenvalue weighted by atomic mass is 10.0. The summed E-state index contributed by atoms with van der Waals surface area (Å²) in [5.41, 5.74) is 2.17. The SMILES string of the molecule is NS(=O)(=O)NS(=O)(=O)c1ccccc1-c1ccc(Cn2c(-c3ccccc3)nc(Cl)c2C=O)c(Cl)c1. The van der Waals surface area contributed by atoms with Crippen molar-refractivity contribution in [2.45, 2.75) is 11.4 Å². The number of benzene rings is 3. The van der Waals surface area contributed by atoms with E-state index in [0.717, 1.165) is 5.56 Å². The maximum atomic E-state index is 12.6. The van der Waals surface area contributed by atoms with Crippen molar-refractivity contribution in [3.05, 3.63) is 94.2 Å². The number of aromatic nitrogens is 2. The van der Waals surface area contributed by atoms with Crippen molar-refractivity contribution in [3.8, 4) is 22.5 Å². The molecule has 0 aliphatic rings. The molecule has 0 saturated carbocycles. The van der Waals surface area contributed by atoms with Crippen LogP contribution in [-0.2, 0) is 26.8 Å². The van der Waals surface area contributed by atoms with Gasteiger partial charge in [0.1, 0.15) is 11.5 Å². The fourth-order valence-corrected chi connectivity index (χ4v) is 6.45. The van der Waals surface area contributed by atoms with Crippen LogP contribution in [0.4, 0.5) is 0 Å². The van der Waals surface area contributed by atoms with E-state index in [9.17, 15) is 21.6 Å². The van der Waals surface area contributed by atoms with Gasteiger partial charge in [-0.25, -0.2) is 18.5 Å². The molecule has 1 aromatic heterocycles. The molecule has 0 amide bonds. The normalized spacial score (nSPS) is 12.0. The van der Waals surface area contributed by atoms with Crippen LogP contribution in [0.5, 0.6) is 0 Å². The summed E-state index contributed by atoms with van der Waals surface area (Å²) in [6.45, 7) is 0.157. The zero-order chi connectivity index (χ0) is 26.1. The third-order valence-electron chi connectivity index (χ3n) is 5.20. The summed E-state index contributed by atoms with van der Waals surface area (Å²) in [5.74, 6) is 0.480. The summed E-state index contributed by atoms with van der Waals surface area (Å²) in [4.78, 5) is 15.8. The first kappa shape index (κ1) is 26.0. The molecule has 0 spiro atoms. The fraction of sp³-hybridized carbons (Fsp3) is 0.0435. The molecule has 0 unspecified atom stereocenters. The number of carbonyl (C=O) groups is 1. The van der Waals surface area contributed by atoms with Crippen molar-refractivity contribution < 1.29 is 21.6 Å². The number of carbonyl (C=O) groups excluding carboxylic acids is 1. The summed E-state index contributed by atoms with van der Waals surface area (Å²) < 4.78 is 51.0. The number of aldehydes is 1. The van der Waals surface area contributed by atoms with Crippen molar-refractivity contribution in [3.63, 3.8) is 0 Å². The highest BCUT2D eigenvalue weighted by Gasteiger charge is 2.24. The van der Waals surface area contributed by atoms with Crippen molar-refractivity contribution in [2.24, 2.45) is 5.14 Å². The average Bonchev–Trinajstić information content (AvgIpc) is 3.14. The molecule has 0 radical (unpaired) electrons. The summed E-state index contributed by atoms with van der Waals surface area (Å²) in [6.07, 6.45) is 0.615. The predicted octanol–water partition coefficient (Wildman–Crippen LogP) is 3.87. The van der Waals surface area contributed by atoms with E-state index in [4.69, 9.17) is 28.3 Å². The van der Waals surface area contributed by atoms with Crippen molar-refractivity contribution >= 4 is 49.7 Å². The number of sulfonamides is 1. The molecule has 1 heterocycles. The Labute approximate surface area is 217 Å². The first-order valence-electron chi connectivity index (χ1n) is 10.2. The minimum absolute atomic E-state index is 0.0538. The van der Waals surface area contributed by atoms with E-state index in [1.54, 1.807) is 28.8 Å². The highest BCUT2D eigenvalue weighted by molar-refractivity contribution is 8.03. The summed E-state index contributed by atoms with van der Waals surface area (Å²) in [5, 5.41) is 5.20. The van der Waals surface area contributed by atoms with Crippen LogP contribution in [0.15, 0.2) is 77.7 Å². The highest BCUT2D eigenvalue weighted by Crippen LogP contribution is 2.32. The van der Waals surface area contributed by atoms with Crippen molar-refractivity contribution in [1.82, 2.24) is 13.7 Å². The third kappa shape index (κ3) is 5.51. The molecule has 13 heteroatoms. The number of hydrogen-bond acceptors (Lipinski definition) is 6. The van der Waals surface area contributed by atoms with Crippen molar-refractivity contribution in [1.29, 1.82) is 0 Å². The Morgan fingerprint density at radius 2 is 1.58 bits per heavy atom. The number of rotatable bonds is 8. The van der Waals surface area contributed by atoms with Crippen LogP contribution in [0.25, 0.3) is 22.5 Å². The van der Waals surface area contributed by atoms with Crippen LogP contribution in [0, 0.1) is 0 Å². The van der Waals surface area contributed by atoms with E-state index in [-0.39, 0.29) is 32.9 Å². The van der Waals surface area contributed by atoms with Gasteiger partial charge in [-0.1, -0.05) is 88.0 Å². The van der Waals surface area contributed by atoms with Crippen molar-refractivity contribution in [2.75, 3.05) is 0 Å². The average molecular weight is 565 g/mol. The Hall–Kier alpha value is -3.06. The van der Waals surface area contributed by atoms with Gasteiger partial charge in [0.2, 0.25) is 0 Å². The van der Waals surface area contributed by atoms with E-state index in [2.05, 4.69) is 4.98 Å². The summed E-state index contributed by atoms with van der Waals surface area (Å²) >= 11 is 12.8. The van der Waals surface area contributed by atoms with Crippen LogP contribution in [0.3, 0.4) is 0 Å². The molecular formula is C23H18Cl2N4O5S2. The smallest absolute Gasteiger partial charge is 0.287 e. The van der Waals surface area contributed by atoms with Gasteiger partial charge in [-0.3, -0.25) is 4.79 Å². The Morgan fingerprint density at radius 3 is 2.22 bits per heavy atom. The molecule has 0 fully saturated rings. The molecule has 4 rings (SSSR count). The lowest BCUT2D eigenvalue weighted by Gasteiger charge is -2.14. The quantitative estimate of drug-likeness (QED) is 0.311. The second-order valence-corrected chi connectivity index (χ2v) is 11.6. The van der Waals surface area contributed by atoms with E-state index in [1.807, 2.05) is 30.3 Å². The van der Waals surface area contributed by atoms with E-state index in [1.165, 1.54) is 22.3 Å². The Kier molecular flexibility index (Phi) is 7.32. The van der Waals surface area contributed by atoms with E-state index >= 15 is 0 Å². The number of nitrogens with two attached hydrogens (primary N) is 1. The van der Waals surface area contributed by atoms with E-state index < -0.39 is 20.2 Å². The molecular weight excluding hydrogens is 547 g/mol. The lowest BCUT2D eigenvalue weighted by molar-refractivity contribution is 0.111. The molecule has 0 bridgehead atoms. The molecule has 3 aromatic carbocycles. The lowest BCUT2D eigenvalue weighted by Crippen LogP contribution is -2.36. The Bertz CT molecular complexity index is 1670. The third-order valence-corrected chi connectivity index (χ3v) is 8.57. The van der Waals surface area contributed by atoms with Gasteiger partial charge in [0.05, 0.1) is 11.4 Å². The molecule has 0 aliphatic heterocycles. The van der Waals surface area contributed by atoms with Gasteiger partial charge < -0.3 is 4.57 Å². The zero-order valence-electron chi connectivity index (χ0n) is 18.3. The van der Waals surface area contributed by atoms with Crippen LogP contribution >= 0.6 is 23.2 Å². The Morgan fingerprint density at radius 1 is 0.917 bits per heavy atom. The molecule has 0 atom stereocenters. The summed E-state index contributed by atoms with van der Waals surface area (Å²) in [7, 11) is -9.00. The van der Waals surface area contributed by atoms with Gasteiger partial charge in [0, 0.05) is 16.1 Å². The van der Waals surface area contributed by atoms with E-state index in [0.29, 0.717) is 23.2 Å². The monoisotopic (exact) mass is 564 g/mol. The topological polar surface area (TPSA) is 141 Å². The number of nitrogens with one attached hydrogen (secondary N) is 1. The molecule has 3 N–H and O–H groups in total. The van der Waals surface area contributed by atoms with Crippen LogP contribution < -0.4 is 9.27 Å². The van der Waals surface area contributed by atoms with Gasteiger partial charge in [0.15, 0.2) is 11.4 Å². The number of nitrogens with zero attached hydrogens (tertiary/aromatic N) is 2. The van der Waals surface area contributed by atoms with Gasteiger partial charge >= 0.3 is 0 Å². The molecule has 4 aromatic rings. The van der Waals surface area contributed by atoms with Crippen LogP contribution in [0.1, 0.15) is 16.1 Å². The molecule has 186 valence electrons. The maximum absolute atomic E-state index is 12.6. The minimum Gasteiger partial charge on any atom is -0.316 e. The maximum Gasteiger partial charge on any atom is 0.287 e. The predicted molar refractivity (Wildman–Crippen MR) is 137 cm³/mol. The van der Waals surface area contributed by atoms with Gasteiger partial charge in [0.25, 0.3) is 20.2 Å². The second-order valence-electron chi connectivity index (χ2n) is 7.62. The molecule has 9 nitrogen and oxygen atoms in total. The fourth-order valence-electron chi connectivity index (χ4n) is 3.67. The minimum atomic E-state index is -4.52. The molecule has 0 saturated heterocycles. The summed E-state index contributed by atoms with van der Waals surface area (Å²) in [6, 6.07) is 19.9. The van der Waals surface area contributed by atoms with Crippen LogP contribution in [0.2, 0.25) is 10.2 Å². The van der Waals surface area contributed by atoms with Gasteiger partial charge in [-0.2, -0.15) is 8.42 Å². The number of imidazole rings is 1. The first-order chi connectivity index (χ1) is 17.0. The van der Waals surface area contributed by atoms with Gasteiger partial charge in [-0.05, 0) is 23.3 Å². The first-order valence-corrected chi connectivity index (χ1v) is 14.0. The number of hydrogen-bond donors (Lipinski definition) is 2. The second kappa shape index (κ2) is 10.1.